The van der Waals surface area contributed by atoms with Crippen molar-refractivity contribution < 1.29 is 9.53 Å². The van der Waals surface area contributed by atoms with Gasteiger partial charge in [-0.05, 0) is 12.1 Å². The number of halogens is 1. The fraction of sp³-hybridized carbons (Fsp3) is 0.182. The number of hydrogen-bond donors (Lipinski definition) is 0. The standard InChI is InChI=1S/C11H9ClN2O2S/c1-16-9(15)6-17-11-10(12)13-7-4-2-3-5-8(7)14-11/h2-5H,6H2,1H3. The van der Waals surface area contributed by atoms with Crippen LogP contribution in [0.3, 0.4) is 0 Å². The van der Waals surface area contributed by atoms with Gasteiger partial charge in [-0.3, -0.25) is 4.79 Å². The lowest BCUT2D eigenvalue weighted by atomic mass is 10.3. The molecule has 1 heterocycles. The van der Waals surface area contributed by atoms with Crippen molar-refractivity contribution in [2.75, 3.05) is 12.9 Å². The number of rotatable bonds is 3. The summed E-state index contributed by atoms with van der Waals surface area (Å²) in [5, 5.41) is 0.841. The zero-order valence-corrected chi connectivity index (χ0v) is 10.6. The normalized spacial score (nSPS) is 10.5. The van der Waals surface area contributed by atoms with Crippen molar-refractivity contribution in [1.82, 2.24) is 9.97 Å². The quantitative estimate of drug-likeness (QED) is 0.632. The van der Waals surface area contributed by atoms with Gasteiger partial charge >= 0.3 is 5.97 Å². The maximum atomic E-state index is 11.0. The first-order chi connectivity index (χ1) is 8.20. The van der Waals surface area contributed by atoms with Crippen LogP contribution in [0.1, 0.15) is 0 Å². The molecule has 0 spiro atoms. The number of carbonyl (C=O) groups is 1. The molecule has 0 aliphatic rings. The third-order valence-corrected chi connectivity index (χ3v) is 3.37. The Labute approximate surface area is 107 Å². The molecule has 2 rings (SSSR count). The SMILES string of the molecule is COC(=O)CSc1nc2ccccc2nc1Cl. The molecule has 88 valence electrons. The number of thioether (sulfide) groups is 1. The first kappa shape index (κ1) is 12.1. The average molecular weight is 269 g/mol. The number of aromatic nitrogens is 2. The van der Waals surface area contributed by atoms with E-state index in [1.807, 2.05) is 24.3 Å². The summed E-state index contributed by atoms with van der Waals surface area (Å²) in [6.07, 6.45) is 0. The predicted octanol–water partition coefficient (Wildman–Crippen LogP) is 2.55. The van der Waals surface area contributed by atoms with Gasteiger partial charge in [-0.1, -0.05) is 35.5 Å². The van der Waals surface area contributed by atoms with Crippen LogP contribution in [-0.4, -0.2) is 28.8 Å². The molecule has 1 aromatic carbocycles. The molecule has 0 unspecified atom stereocenters. The zero-order chi connectivity index (χ0) is 12.3. The zero-order valence-electron chi connectivity index (χ0n) is 9.01. The highest BCUT2D eigenvalue weighted by atomic mass is 35.5. The molecule has 2 aromatic rings. The maximum absolute atomic E-state index is 11.0. The Morgan fingerprint density at radius 3 is 2.65 bits per heavy atom. The molecule has 6 heteroatoms. The lowest BCUT2D eigenvalue weighted by molar-refractivity contribution is -0.137. The number of para-hydroxylation sites is 2. The van der Waals surface area contributed by atoms with Crippen LogP contribution in [0.4, 0.5) is 0 Å². The van der Waals surface area contributed by atoms with Crippen LogP contribution in [-0.2, 0) is 9.53 Å². The first-order valence-electron chi connectivity index (χ1n) is 4.82. The summed E-state index contributed by atoms with van der Waals surface area (Å²) < 4.78 is 4.55. The highest BCUT2D eigenvalue weighted by Crippen LogP contribution is 2.25. The molecular weight excluding hydrogens is 260 g/mol. The third kappa shape index (κ3) is 2.87. The monoisotopic (exact) mass is 268 g/mol. The topological polar surface area (TPSA) is 52.1 Å². The molecule has 0 saturated heterocycles. The van der Waals surface area contributed by atoms with Crippen LogP contribution in [0.5, 0.6) is 0 Å². The Balaban J connectivity index is 2.28. The van der Waals surface area contributed by atoms with Gasteiger partial charge in [0.25, 0.3) is 0 Å². The minimum Gasteiger partial charge on any atom is -0.468 e. The molecule has 0 atom stereocenters. The number of hydrogen-bond acceptors (Lipinski definition) is 5. The van der Waals surface area contributed by atoms with Crippen LogP contribution in [0.25, 0.3) is 11.0 Å². The number of benzene rings is 1. The van der Waals surface area contributed by atoms with Crippen molar-refractivity contribution in [1.29, 1.82) is 0 Å². The number of ether oxygens (including phenoxy) is 1. The molecule has 0 N–H and O–H groups in total. The number of fused-ring (bicyclic) bond motifs is 1. The lowest BCUT2D eigenvalue weighted by Crippen LogP contribution is -2.03. The Bertz CT molecular complexity index is 562. The van der Waals surface area contributed by atoms with E-state index >= 15 is 0 Å². The Hall–Kier alpha value is -1.33. The fourth-order valence-corrected chi connectivity index (χ4v) is 2.24. The Morgan fingerprint density at radius 1 is 1.35 bits per heavy atom. The van der Waals surface area contributed by atoms with Crippen LogP contribution in [0, 0.1) is 0 Å². The van der Waals surface area contributed by atoms with Crippen molar-refractivity contribution in [2.24, 2.45) is 0 Å². The van der Waals surface area contributed by atoms with E-state index in [1.165, 1.54) is 18.9 Å². The summed E-state index contributed by atoms with van der Waals surface area (Å²) in [7, 11) is 1.34. The molecule has 0 aliphatic heterocycles. The van der Waals surface area contributed by atoms with Crippen molar-refractivity contribution in [3.05, 3.63) is 29.4 Å². The van der Waals surface area contributed by atoms with Gasteiger partial charge in [0, 0.05) is 0 Å². The lowest BCUT2D eigenvalue weighted by Gasteiger charge is -2.03. The Kier molecular flexibility index (Phi) is 3.81. The van der Waals surface area contributed by atoms with E-state index in [0.29, 0.717) is 10.2 Å². The smallest absolute Gasteiger partial charge is 0.316 e. The van der Waals surface area contributed by atoms with Crippen LogP contribution in [0.2, 0.25) is 5.15 Å². The van der Waals surface area contributed by atoms with Crippen LogP contribution in [0.15, 0.2) is 29.3 Å². The minimum atomic E-state index is -0.318. The fourth-order valence-electron chi connectivity index (χ4n) is 1.24. The molecule has 0 bridgehead atoms. The molecule has 4 nitrogen and oxygen atoms in total. The van der Waals surface area contributed by atoms with Gasteiger partial charge in [0.2, 0.25) is 0 Å². The summed E-state index contributed by atoms with van der Waals surface area (Å²) in [5.74, 6) is -0.149. The molecule has 0 saturated carbocycles. The van der Waals surface area contributed by atoms with Crippen LogP contribution >= 0.6 is 23.4 Å². The summed E-state index contributed by atoms with van der Waals surface area (Å²) in [6, 6.07) is 7.43. The van der Waals surface area contributed by atoms with E-state index in [-0.39, 0.29) is 11.7 Å². The number of carbonyl (C=O) groups excluding carboxylic acids is 1. The average Bonchev–Trinajstić information content (AvgIpc) is 2.35. The number of methoxy groups -OCH3 is 1. The maximum Gasteiger partial charge on any atom is 0.316 e. The second kappa shape index (κ2) is 5.33. The van der Waals surface area contributed by atoms with Gasteiger partial charge in [0.15, 0.2) is 5.15 Å². The van der Waals surface area contributed by atoms with Crippen LogP contribution < -0.4 is 0 Å². The van der Waals surface area contributed by atoms with Gasteiger partial charge < -0.3 is 4.74 Å². The summed E-state index contributed by atoms with van der Waals surface area (Å²) in [5.41, 5.74) is 1.49. The molecule has 1 aromatic heterocycles. The highest BCUT2D eigenvalue weighted by Gasteiger charge is 2.09. The van der Waals surface area contributed by atoms with Gasteiger partial charge in [0.1, 0.15) is 5.03 Å². The Morgan fingerprint density at radius 2 is 2.00 bits per heavy atom. The number of nitrogens with zero attached hydrogens (tertiary/aromatic N) is 2. The second-order valence-electron chi connectivity index (χ2n) is 3.17. The number of esters is 1. The van der Waals surface area contributed by atoms with E-state index in [1.54, 1.807) is 0 Å². The highest BCUT2D eigenvalue weighted by molar-refractivity contribution is 8.00. The molecular formula is C11H9ClN2O2S. The summed E-state index contributed by atoms with van der Waals surface area (Å²) >= 11 is 7.20. The van der Waals surface area contributed by atoms with E-state index in [2.05, 4.69) is 14.7 Å². The van der Waals surface area contributed by atoms with Gasteiger partial charge in [-0.25, -0.2) is 9.97 Å². The molecule has 0 fully saturated rings. The summed E-state index contributed by atoms with van der Waals surface area (Å²) in [4.78, 5) is 19.6. The molecule has 0 amide bonds. The molecule has 0 radical (unpaired) electrons. The largest absolute Gasteiger partial charge is 0.468 e. The van der Waals surface area contributed by atoms with Gasteiger partial charge in [0.05, 0.1) is 23.9 Å². The second-order valence-corrected chi connectivity index (χ2v) is 4.50. The minimum absolute atomic E-state index is 0.170. The van der Waals surface area contributed by atoms with E-state index < -0.39 is 0 Å². The van der Waals surface area contributed by atoms with Gasteiger partial charge in [-0.15, -0.1) is 0 Å². The van der Waals surface area contributed by atoms with Crippen molar-refractivity contribution in [2.45, 2.75) is 5.03 Å². The summed E-state index contributed by atoms with van der Waals surface area (Å²) in [6.45, 7) is 0. The van der Waals surface area contributed by atoms with E-state index in [4.69, 9.17) is 11.6 Å². The van der Waals surface area contributed by atoms with E-state index in [0.717, 1.165) is 11.0 Å². The third-order valence-electron chi connectivity index (χ3n) is 2.05. The molecule has 0 aliphatic carbocycles. The predicted molar refractivity (Wildman–Crippen MR) is 67.3 cm³/mol. The van der Waals surface area contributed by atoms with Crippen molar-refractivity contribution in [3.63, 3.8) is 0 Å². The van der Waals surface area contributed by atoms with Crippen molar-refractivity contribution in [3.8, 4) is 0 Å². The van der Waals surface area contributed by atoms with E-state index in [9.17, 15) is 4.79 Å². The van der Waals surface area contributed by atoms with Crippen molar-refractivity contribution >= 4 is 40.4 Å². The van der Waals surface area contributed by atoms with Gasteiger partial charge in [-0.2, -0.15) is 0 Å². The molecule has 17 heavy (non-hydrogen) atoms. The first-order valence-corrected chi connectivity index (χ1v) is 6.19.